The molecular weight excluding hydrogens is 710 g/mol. The lowest BCUT2D eigenvalue weighted by Crippen LogP contribution is -2.41. The summed E-state index contributed by atoms with van der Waals surface area (Å²) in [5.74, 6) is -1.01. The maximum atomic E-state index is 12.9. The Kier molecular flexibility index (Phi) is 13.7. The molecule has 0 fully saturated rings. The maximum absolute atomic E-state index is 12.9. The van der Waals surface area contributed by atoms with Crippen LogP contribution >= 0.6 is 0 Å². The van der Waals surface area contributed by atoms with Gasteiger partial charge in [-0.25, -0.2) is 14.8 Å². The van der Waals surface area contributed by atoms with Crippen molar-refractivity contribution in [3.63, 3.8) is 0 Å². The molecule has 0 aliphatic carbocycles. The number of nitrogens with zero attached hydrogens (tertiary/aromatic N) is 5. The van der Waals surface area contributed by atoms with Gasteiger partial charge in [0.1, 0.15) is 6.04 Å². The number of ether oxygens (including phenoxy) is 2. The molecule has 17 nitrogen and oxygen atoms in total. The molecule has 0 bridgehead atoms. The minimum Gasteiger partial charge on any atom is -0.469 e. The Balaban J connectivity index is 1.32. The lowest BCUT2D eigenvalue weighted by Gasteiger charge is -2.20. The van der Waals surface area contributed by atoms with Crippen molar-refractivity contribution in [2.75, 3.05) is 36.8 Å². The summed E-state index contributed by atoms with van der Waals surface area (Å²) in [6.45, 7) is 1.00. The zero-order valence-electron chi connectivity index (χ0n) is 30.3. The lowest BCUT2D eigenvalue weighted by molar-refractivity contribution is -0.144. The van der Waals surface area contributed by atoms with Gasteiger partial charge in [0.15, 0.2) is 17.0 Å². The molecule has 7 N–H and O–H groups in total. The highest BCUT2D eigenvalue weighted by molar-refractivity contribution is 6.58. The fraction of sp³-hybridized carbons (Fsp3) is 0.250. The number of rotatable bonds is 17. The van der Waals surface area contributed by atoms with Crippen LogP contribution in [0.25, 0.3) is 11.2 Å². The highest BCUT2D eigenvalue weighted by atomic mass is 16.5. The van der Waals surface area contributed by atoms with Crippen LogP contribution in [-0.2, 0) is 38.7 Å². The Morgan fingerprint density at radius 3 is 1.95 bits per heavy atom. The van der Waals surface area contributed by atoms with Crippen LogP contribution < -0.4 is 31.8 Å². The predicted molar refractivity (Wildman–Crippen MR) is 205 cm³/mol. The molecule has 0 saturated carbocycles. The van der Waals surface area contributed by atoms with Gasteiger partial charge in [0.2, 0.25) is 5.95 Å². The number of anilines is 3. The molecule has 55 heavy (non-hydrogen) atoms. The molecule has 0 aliphatic rings. The van der Waals surface area contributed by atoms with Gasteiger partial charge in [-0.2, -0.15) is 9.97 Å². The lowest BCUT2D eigenvalue weighted by atomic mass is 9.80. The third-order valence-corrected chi connectivity index (χ3v) is 8.55. The first-order chi connectivity index (χ1) is 26.4. The van der Waals surface area contributed by atoms with Gasteiger partial charge in [0.25, 0.3) is 5.91 Å². The van der Waals surface area contributed by atoms with Gasteiger partial charge >= 0.3 is 26.2 Å². The summed E-state index contributed by atoms with van der Waals surface area (Å²) in [6, 6.07) is 19.2. The number of hydrogen-bond donors (Lipinski definition) is 7. The molecule has 1 unspecified atom stereocenters. The van der Waals surface area contributed by atoms with Gasteiger partial charge in [-0.3, -0.25) is 9.59 Å². The number of amides is 1. The van der Waals surface area contributed by atoms with Crippen molar-refractivity contribution >= 4 is 71.6 Å². The summed E-state index contributed by atoms with van der Waals surface area (Å²) in [4.78, 5) is 57.3. The highest BCUT2D eigenvalue weighted by Gasteiger charge is 2.23. The quantitative estimate of drug-likeness (QED) is 0.0484. The van der Waals surface area contributed by atoms with Gasteiger partial charge in [0.05, 0.1) is 32.7 Å². The zero-order valence-corrected chi connectivity index (χ0v) is 30.3. The number of aromatic nitrogens is 4. The van der Waals surface area contributed by atoms with Gasteiger partial charge in [-0.05, 0) is 52.7 Å². The first-order valence-corrected chi connectivity index (χ1v) is 17.1. The third-order valence-electron chi connectivity index (χ3n) is 8.55. The summed E-state index contributed by atoms with van der Waals surface area (Å²) >= 11 is 0. The van der Waals surface area contributed by atoms with Crippen molar-refractivity contribution in [2.24, 2.45) is 0 Å². The van der Waals surface area contributed by atoms with Crippen molar-refractivity contribution in [1.82, 2.24) is 25.3 Å². The molecule has 19 heteroatoms. The SMILES string of the molecule is COC(=O)CCC(NC(=O)c1ccc(N(C)Cc2cnc3nc(NCc4ccc(B(O)O)cc4)nc(NCc4ccc(B(O)O)cc4)c3n2)cc1)C(=O)OC. The minimum absolute atomic E-state index is 0.0223. The van der Waals surface area contributed by atoms with E-state index < -0.39 is 38.1 Å². The van der Waals surface area contributed by atoms with Crippen molar-refractivity contribution < 1.29 is 44.0 Å². The largest absolute Gasteiger partial charge is 0.488 e. The Morgan fingerprint density at radius 1 is 0.782 bits per heavy atom. The van der Waals surface area contributed by atoms with Crippen molar-refractivity contribution in [3.8, 4) is 0 Å². The maximum Gasteiger partial charge on any atom is 0.488 e. The number of carbonyl (C=O) groups excluding carboxylic acids is 3. The van der Waals surface area contributed by atoms with Gasteiger partial charge in [-0.15, -0.1) is 0 Å². The average molecular weight is 750 g/mol. The van der Waals surface area contributed by atoms with Crippen molar-refractivity contribution in [1.29, 1.82) is 0 Å². The third kappa shape index (κ3) is 11.0. The number of carbonyl (C=O) groups is 3. The molecule has 5 aromatic rings. The molecule has 0 spiro atoms. The van der Waals surface area contributed by atoms with Crippen LogP contribution in [0.3, 0.4) is 0 Å². The normalized spacial score (nSPS) is 11.3. The standard InChI is InChI=1S/C36H40B2N8O9/c1-46(28-14-8-24(9-15-28)34(48)43-29(35(49)55-3)16-17-30(47)54-2)21-27-20-40-33-31(42-27)32(39-18-22-4-10-25(11-5-22)37(50)51)44-36(45-33)41-19-23-6-12-26(13-7-23)38(52)53/h4-15,20,29,50-53H,16-19,21H2,1-3H3,(H,43,48)(H2,39,40,41,44,45). The summed E-state index contributed by atoms with van der Waals surface area (Å²) in [5, 5.41) is 46.8. The van der Waals surface area contributed by atoms with Gasteiger partial charge in [0, 0.05) is 37.8 Å². The zero-order chi connectivity index (χ0) is 39.5. The van der Waals surface area contributed by atoms with Crippen LogP contribution in [0.5, 0.6) is 0 Å². The van der Waals surface area contributed by atoms with E-state index in [-0.39, 0.29) is 18.8 Å². The van der Waals surface area contributed by atoms with Crippen LogP contribution in [0.4, 0.5) is 17.5 Å². The second kappa shape index (κ2) is 18.8. The highest BCUT2D eigenvalue weighted by Crippen LogP contribution is 2.22. The second-order valence-electron chi connectivity index (χ2n) is 12.4. The first kappa shape index (κ1) is 40.1. The predicted octanol–water partition coefficient (Wildman–Crippen LogP) is -0.135. The summed E-state index contributed by atoms with van der Waals surface area (Å²) in [6.07, 6.45) is 1.56. The molecule has 1 atom stereocenters. The molecule has 0 saturated heterocycles. The van der Waals surface area contributed by atoms with Crippen LogP contribution in [0, 0.1) is 0 Å². The van der Waals surface area contributed by atoms with E-state index in [4.69, 9.17) is 9.72 Å². The first-order valence-electron chi connectivity index (χ1n) is 17.1. The Bertz CT molecular complexity index is 2090. The Morgan fingerprint density at radius 2 is 1.38 bits per heavy atom. The summed E-state index contributed by atoms with van der Waals surface area (Å²) in [7, 11) is 1.15. The van der Waals surface area contributed by atoms with E-state index in [1.165, 1.54) is 14.2 Å². The molecule has 284 valence electrons. The van der Waals surface area contributed by atoms with E-state index >= 15 is 0 Å². The van der Waals surface area contributed by atoms with Gasteiger partial charge < -0.3 is 50.4 Å². The van der Waals surface area contributed by atoms with E-state index in [2.05, 4.69) is 35.6 Å². The molecule has 1 amide bonds. The molecule has 5 rings (SSSR count). The number of esters is 2. The average Bonchev–Trinajstić information content (AvgIpc) is 3.20. The van der Waals surface area contributed by atoms with Crippen LogP contribution in [0.1, 0.15) is 40.0 Å². The van der Waals surface area contributed by atoms with Crippen LogP contribution in [0.15, 0.2) is 79.0 Å². The van der Waals surface area contributed by atoms with Gasteiger partial charge in [-0.1, -0.05) is 48.5 Å². The number of fused-ring (bicyclic) bond motifs is 1. The Labute approximate surface area is 317 Å². The molecule has 2 heterocycles. The Hall–Kier alpha value is -6.14. The fourth-order valence-electron chi connectivity index (χ4n) is 5.40. The smallest absolute Gasteiger partial charge is 0.469 e. The molecule has 3 aromatic carbocycles. The fourth-order valence-corrected chi connectivity index (χ4v) is 5.40. The van der Waals surface area contributed by atoms with Crippen molar-refractivity contribution in [2.45, 2.75) is 38.5 Å². The van der Waals surface area contributed by atoms with Crippen LogP contribution in [0.2, 0.25) is 0 Å². The topological polar surface area (TPSA) is 241 Å². The number of hydrogen-bond acceptors (Lipinski definition) is 16. The van der Waals surface area contributed by atoms with Crippen molar-refractivity contribution in [3.05, 3.63) is 101 Å². The minimum atomic E-state index is -1.58. The van der Waals surface area contributed by atoms with E-state index in [9.17, 15) is 34.5 Å². The molecule has 2 aromatic heterocycles. The van der Waals surface area contributed by atoms with Crippen LogP contribution in [-0.4, -0.2) is 99.4 Å². The van der Waals surface area contributed by atoms with E-state index in [0.717, 1.165) is 16.8 Å². The number of nitrogens with one attached hydrogen (secondary N) is 3. The molecule has 0 radical (unpaired) electrons. The number of benzene rings is 3. The molecular formula is C36H40B2N8O9. The van der Waals surface area contributed by atoms with E-state index in [1.807, 2.05) is 11.9 Å². The monoisotopic (exact) mass is 750 g/mol. The van der Waals surface area contributed by atoms with E-state index in [1.54, 1.807) is 79.0 Å². The van der Waals surface area contributed by atoms with E-state index in [0.29, 0.717) is 58.8 Å². The summed E-state index contributed by atoms with van der Waals surface area (Å²) in [5.41, 5.74) is 4.85. The summed E-state index contributed by atoms with van der Waals surface area (Å²) < 4.78 is 9.41. The molecule has 0 aliphatic heterocycles. The second-order valence-corrected chi connectivity index (χ2v) is 12.4. The number of methoxy groups -OCH3 is 2.